The number of nitrogens with one attached hydrogen (secondary N) is 1. The molecular weight excluding hydrogens is 519 g/mol. The van der Waals surface area contributed by atoms with Crippen LogP contribution in [0.3, 0.4) is 0 Å². The summed E-state index contributed by atoms with van der Waals surface area (Å²) in [6.07, 6.45) is 0.354. The van der Waals surface area contributed by atoms with E-state index in [4.69, 9.17) is 10.00 Å². The number of hydrogen-bond acceptors (Lipinski definition) is 7. The number of fused-ring (bicyclic) bond motifs is 1. The zero-order valence-corrected chi connectivity index (χ0v) is 19.2. The molecule has 2 aromatic carbocycles. The first-order chi connectivity index (χ1) is 15.7. The van der Waals surface area contributed by atoms with Crippen LogP contribution in [0.1, 0.15) is 6.92 Å². The Bertz CT molecular complexity index is 1560. The number of anilines is 1. The van der Waals surface area contributed by atoms with Crippen LogP contribution in [-0.4, -0.2) is 24.2 Å². The summed E-state index contributed by atoms with van der Waals surface area (Å²) in [6, 6.07) is 12.5. The van der Waals surface area contributed by atoms with Crippen molar-refractivity contribution in [3.8, 4) is 17.5 Å². The third-order valence-electron chi connectivity index (χ3n) is 4.58. The monoisotopic (exact) mass is 532 g/mol. The fourth-order valence-corrected chi connectivity index (χ4v) is 4.46. The van der Waals surface area contributed by atoms with Crippen LogP contribution in [0.2, 0.25) is 0 Å². The van der Waals surface area contributed by atoms with E-state index < -0.39 is 27.5 Å². The van der Waals surface area contributed by atoms with E-state index in [2.05, 4.69) is 30.3 Å². The van der Waals surface area contributed by atoms with Gasteiger partial charge in [-0.15, -0.1) is 0 Å². The van der Waals surface area contributed by atoms with Crippen molar-refractivity contribution in [1.82, 2.24) is 9.72 Å². The van der Waals surface area contributed by atoms with Gasteiger partial charge in [0.05, 0.1) is 20.6 Å². The molecular formula is C21H14BrFN4O5S. The van der Waals surface area contributed by atoms with Gasteiger partial charge in [0.15, 0.2) is 11.9 Å². The molecule has 9 nitrogen and oxygen atoms in total. The second kappa shape index (κ2) is 8.68. The lowest BCUT2D eigenvalue weighted by molar-refractivity contribution is 0.275. The second-order valence-corrected chi connectivity index (χ2v) is 9.38. The lowest BCUT2D eigenvalue weighted by Crippen LogP contribution is -2.20. The maximum absolute atomic E-state index is 14.4. The Balaban J connectivity index is 1.88. The SMILES string of the molecule is C[C@@H](C#N)Oc1cc(Br)c(F)cc1-n1c(=O)ccc2cc(S(=O)(=O)Nc3ccon3)ccc21. The molecule has 0 bridgehead atoms. The number of nitrogens with zero attached hydrogens (tertiary/aromatic N) is 3. The molecule has 0 unspecified atom stereocenters. The third kappa shape index (κ3) is 4.46. The molecule has 0 amide bonds. The molecule has 0 fully saturated rings. The molecule has 2 heterocycles. The van der Waals surface area contributed by atoms with Gasteiger partial charge in [0.25, 0.3) is 15.6 Å². The van der Waals surface area contributed by atoms with Crippen LogP contribution in [0.15, 0.2) is 73.5 Å². The van der Waals surface area contributed by atoms with Crippen molar-refractivity contribution >= 4 is 42.7 Å². The van der Waals surface area contributed by atoms with E-state index in [1.54, 1.807) is 0 Å². The average molecular weight is 533 g/mol. The quantitative estimate of drug-likeness (QED) is 0.397. The van der Waals surface area contributed by atoms with Gasteiger partial charge < -0.3 is 9.26 Å². The molecule has 4 aromatic rings. The Kier molecular flexibility index (Phi) is 5.92. The molecule has 4 rings (SSSR count). The average Bonchev–Trinajstić information content (AvgIpc) is 3.28. The Morgan fingerprint density at radius 3 is 2.73 bits per heavy atom. The number of sulfonamides is 1. The first-order valence-electron chi connectivity index (χ1n) is 9.34. The Morgan fingerprint density at radius 1 is 1.24 bits per heavy atom. The number of ether oxygens (including phenoxy) is 1. The van der Waals surface area contributed by atoms with Gasteiger partial charge in [0.1, 0.15) is 23.9 Å². The Morgan fingerprint density at radius 2 is 2.03 bits per heavy atom. The molecule has 12 heteroatoms. The number of pyridine rings is 1. The zero-order chi connectivity index (χ0) is 23.8. The van der Waals surface area contributed by atoms with E-state index in [0.29, 0.717) is 10.9 Å². The highest BCUT2D eigenvalue weighted by Crippen LogP contribution is 2.32. The Labute approximate surface area is 195 Å². The molecule has 0 spiro atoms. The molecule has 0 saturated heterocycles. The minimum Gasteiger partial charge on any atom is -0.474 e. The maximum atomic E-state index is 14.4. The number of rotatable bonds is 6. The van der Waals surface area contributed by atoms with Gasteiger partial charge >= 0.3 is 0 Å². The molecule has 1 atom stereocenters. The predicted octanol–water partition coefficient (Wildman–Crippen LogP) is 3.97. The number of halogens is 2. The second-order valence-electron chi connectivity index (χ2n) is 6.84. The third-order valence-corrected chi connectivity index (χ3v) is 6.54. The highest BCUT2D eigenvalue weighted by molar-refractivity contribution is 9.10. The molecule has 0 aliphatic rings. The first-order valence-corrected chi connectivity index (χ1v) is 11.6. The normalized spacial score (nSPS) is 12.3. The standard InChI is InChI=1S/C21H14BrFN4O5S/c1-12(11-24)32-19-9-15(22)16(23)10-18(19)27-17-4-3-14(8-13(17)2-5-21(27)28)33(29,30)26-20-6-7-31-25-20/h2-10,12H,1H3,(H,25,26)/t12-/m0/s1. The maximum Gasteiger partial charge on any atom is 0.263 e. The van der Waals surface area contributed by atoms with E-state index in [0.717, 1.165) is 6.07 Å². The van der Waals surface area contributed by atoms with E-state index in [9.17, 15) is 17.6 Å². The molecule has 0 aliphatic heterocycles. The van der Waals surface area contributed by atoms with Crippen LogP contribution in [0, 0.1) is 17.1 Å². The van der Waals surface area contributed by atoms with Crippen molar-refractivity contribution in [3.63, 3.8) is 0 Å². The van der Waals surface area contributed by atoms with Crippen molar-refractivity contribution < 1.29 is 22.1 Å². The summed E-state index contributed by atoms with van der Waals surface area (Å²) in [6.45, 7) is 1.51. The van der Waals surface area contributed by atoms with Crippen molar-refractivity contribution in [2.45, 2.75) is 17.9 Å². The number of nitriles is 1. The van der Waals surface area contributed by atoms with Crippen molar-refractivity contribution in [2.24, 2.45) is 0 Å². The van der Waals surface area contributed by atoms with Crippen molar-refractivity contribution in [3.05, 3.63) is 75.4 Å². The minimum absolute atomic E-state index is 0.0128. The van der Waals surface area contributed by atoms with Gasteiger partial charge in [-0.3, -0.25) is 14.1 Å². The van der Waals surface area contributed by atoms with Crippen molar-refractivity contribution in [2.75, 3.05) is 4.72 Å². The molecule has 2 aromatic heterocycles. The summed E-state index contributed by atoms with van der Waals surface area (Å²) in [5.41, 5.74) is -0.140. The summed E-state index contributed by atoms with van der Waals surface area (Å²) < 4.78 is 53.6. The summed E-state index contributed by atoms with van der Waals surface area (Å²) in [5, 5.41) is 13.0. The molecule has 168 valence electrons. The smallest absolute Gasteiger partial charge is 0.263 e. The van der Waals surface area contributed by atoms with Crippen molar-refractivity contribution in [1.29, 1.82) is 5.26 Å². The molecule has 0 saturated carbocycles. The van der Waals surface area contributed by atoms with E-state index in [1.807, 2.05) is 6.07 Å². The van der Waals surface area contributed by atoms with Crippen LogP contribution in [0.4, 0.5) is 10.2 Å². The summed E-state index contributed by atoms with van der Waals surface area (Å²) in [4.78, 5) is 12.7. The summed E-state index contributed by atoms with van der Waals surface area (Å²) >= 11 is 3.08. The minimum atomic E-state index is -3.99. The van der Waals surface area contributed by atoms with Crippen LogP contribution in [0.5, 0.6) is 5.75 Å². The lowest BCUT2D eigenvalue weighted by Gasteiger charge is -2.17. The van der Waals surface area contributed by atoms with Gasteiger partial charge in [-0.1, -0.05) is 5.16 Å². The van der Waals surface area contributed by atoms with Crippen LogP contribution >= 0.6 is 15.9 Å². The zero-order valence-electron chi connectivity index (χ0n) is 16.8. The predicted molar refractivity (Wildman–Crippen MR) is 120 cm³/mol. The summed E-state index contributed by atoms with van der Waals surface area (Å²) in [7, 11) is -3.99. The van der Waals surface area contributed by atoms with Gasteiger partial charge in [0, 0.05) is 23.6 Å². The van der Waals surface area contributed by atoms with Gasteiger partial charge in [-0.05, 0) is 53.2 Å². The molecule has 1 N–H and O–H groups in total. The topological polar surface area (TPSA) is 127 Å². The largest absolute Gasteiger partial charge is 0.474 e. The highest BCUT2D eigenvalue weighted by atomic mass is 79.9. The van der Waals surface area contributed by atoms with Gasteiger partial charge in [0.2, 0.25) is 0 Å². The fourth-order valence-electron chi connectivity index (χ4n) is 3.11. The first kappa shape index (κ1) is 22.5. The number of benzene rings is 2. The summed E-state index contributed by atoms with van der Waals surface area (Å²) in [5.74, 6) is -0.544. The van der Waals surface area contributed by atoms with E-state index in [-0.39, 0.29) is 26.6 Å². The van der Waals surface area contributed by atoms with E-state index in [1.165, 1.54) is 60.2 Å². The molecule has 0 aliphatic carbocycles. The number of aromatic nitrogens is 2. The van der Waals surface area contributed by atoms with Gasteiger partial charge in [-0.2, -0.15) is 5.26 Å². The van der Waals surface area contributed by atoms with Crippen LogP contribution in [0.25, 0.3) is 16.6 Å². The molecule has 33 heavy (non-hydrogen) atoms. The highest BCUT2D eigenvalue weighted by Gasteiger charge is 2.20. The van der Waals surface area contributed by atoms with Crippen LogP contribution in [-0.2, 0) is 10.0 Å². The Hall–Kier alpha value is -3.69. The van der Waals surface area contributed by atoms with E-state index >= 15 is 0 Å². The number of hydrogen-bond donors (Lipinski definition) is 1. The fraction of sp³-hybridized carbons (Fsp3) is 0.0952. The lowest BCUT2D eigenvalue weighted by atomic mass is 10.2. The van der Waals surface area contributed by atoms with Crippen LogP contribution < -0.4 is 15.0 Å². The van der Waals surface area contributed by atoms with Gasteiger partial charge in [-0.25, -0.2) is 12.8 Å². The molecule has 0 radical (unpaired) electrons.